The van der Waals surface area contributed by atoms with Gasteiger partial charge in [0.2, 0.25) is 0 Å². The van der Waals surface area contributed by atoms with Crippen LogP contribution >= 0.6 is 0 Å². The van der Waals surface area contributed by atoms with Gasteiger partial charge >= 0.3 is 0 Å². The smallest absolute Gasteiger partial charge is 0.183 e. The summed E-state index contributed by atoms with van der Waals surface area (Å²) in [5, 5.41) is 6.81. The molecule has 3 nitrogen and oxygen atoms in total. The van der Waals surface area contributed by atoms with Gasteiger partial charge in [0.25, 0.3) is 0 Å². The Labute approximate surface area is 93.3 Å². The lowest BCUT2D eigenvalue weighted by Crippen LogP contribution is -2.41. The van der Waals surface area contributed by atoms with Gasteiger partial charge in [0.05, 0.1) is 0 Å². The van der Waals surface area contributed by atoms with Crippen LogP contribution in [0.4, 0.5) is 0 Å². The summed E-state index contributed by atoms with van der Waals surface area (Å²) < 4.78 is 5.82. The summed E-state index contributed by atoms with van der Waals surface area (Å²) in [5.74, 6) is 0.911. The number of hydrogen-bond donors (Lipinski definition) is 2. The zero-order valence-corrected chi connectivity index (χ0v) is 10.4. The van der Waals surface area contributed by atoms with Crippen LogP contribution < -0.4 is 10.6 Å². The van der Waals surface area contributed by atoms with E-state index in [-0.39, 0.29) is 5.60 Å². The van der Waals surface area contributed by atoms with Crippen LogP contribution in [0.2, 0.25) is 0 Å². The molecule has 0 aromatic carbocycles. The molecule has 0 bridgehead atoms. The van der Waals surface area contributed by atoms with Crippen LogP contribution in [-0.2, 0) is 4.74 Å². The topological polar surface area (TPSA) is 33.3 Å². The van der Waals surface area contributed by atoms with E-state index in [1.165, 1.54) is 12.8 Å². The zero-order valence-electron chi connectivity index (χ0n) is 10.4. The normalized spacial score (nSPS) is 20.1. The van der Waals surface area contributed by atoms with Gasteiger partial charge in [-0.15, -0.1) is 0 Å². The second kappa shape index (κ2) is 5.40. The van der Waals surface area contributed by atoms with Crippen LogP contribution in [0.25, 0.3) is 0 Å². The minimum absolute atomic E-state index is 0.123. The minimum Gasteiger partial charge on any atom is -0.474 e. The van der Waals surface area contributed by atoms with Gasteiger partial charge < -0.3 is 15.4 Å². The van der Waals surface area contributed by atoms with Crippen molar-refractivity contribution in [2.45, 2.75) is 52.2 Å². The molecule has 3 heteroatoms. The molecular formula is C12H24N2O. The van der Waals surface area contributed by atoms with Gasteiger partial charge in [-0.25, -0.2) is 0 Å². The van der Waals surface area contributed by atoms with Crippen molar-refractivity contribution in [1.29, 1.82) is 0 Å². The summed E-state index contributed by atoms with van der Waals surface area (Å²) >= 11 is 0. The minimum atomic E-state index is -0.123. The molecular weight excluding hydrogens is 188 g/mol. The third kappa shape index (κ3) is 5.07. The molecule has 1 rings (SSSR count). The fourth-order valence-electron chi connectivity index (χ4n) is 1.67. The van der Waals surface area contributed by atoms with Crippen molar-refractivity contribution in [1.82, 2.24) is 10.6 Å². The fourth-order valence-corrected chi connectivity index (χ4v) is 1.67. The Balaban J connectivity index is 2.39. The van der Waals surface area contributed by atoms with Gasteiger partial charge in [-0.05, 0) is 59.7 Å². The molecule has 1 saturated heterocycles. The lowest BCUT2D eigenvalue weighted by Gasteiger charge is -2.29. The summed E-state index contributed by atoms with van der Waals surface area (Å²) in [6.07, 6.45) is 4.35. The van der Waals surface area contributed by atoms with Crippen molar-refractivity contribution < 1.29 is 4.74 Å². The molecule has 0 amide bonds. The van der Waals surface area contributed by atoms with E-state index < -0.39 is 0 Å². The number of hydrogen-bond acceptors (Lipinski definition) is 3. The fraction of sp³-hybridized carbons (Fsp3) is 0.833. The highest BCUT2D eigenvalue weighted by molar-refractivity contribution is 4.93. The first-order valence-corrected chi connectivity index (χ1v) is 5.84. The Morgan fingerprint density at radius 2 is 1.93 bits per heavy atom. The van der Waals surface area contributed by atoms with Crippen molar-refractivity contribution in [3.05, 3.63) is 12.0 Å². The number of ether oxygens (including phenoxy) is 1. The van der Waals surface area contributed by atoms with Crippen LogP contribution in [0.5, 0.6) is 0 Å². The maximum Gasteiger partial charge on any atom is 0.183 e. The molecule has 15 heavy (non-hydrogen) atoms. The monoisotopic (exact) mass is 212 g/mol. The number of allylic oxidation sites excluding steroid dienone is 1. The van der Waals surface area contributed by atoms with Crippen molar-refractivity contribution in [3.8, 4) is 0 Å². The average Bonchev–Trinajstić information content (AvgIpc) is 2.16. The molecule has 0 unspecified atom stereocenters. The summed E-state index contributed by atoms with van der Waals surface area (Å²) in [4.78, 5) is 0. The molecule has 1 fully saturated rings. The zero-order chi connectivity index (χ0) is 11.3. The van der Waals surface area contributed by atoms with E-state index in [9.17, 15) is 0 Å². The van der Waals surface area contributed by atoms with Crippen molar-refractivity contribution >= 4 is 0 Å². The van der Waals surface area contributed by atoms with Gasteiger partial charge in [-0.1, -0.05) is 0 Å². The summed E-state index contributed by atoms with van der Waals surface area (Å²) in [6.45, 7) is 10.4. The highest BCUT2D eigenvalue weighted by Crippen LogP contribution is 2.13. The quantitative estimate of drug-likeness (QED) is 0.702. The van der Waals surface area contributed by atoms with Gasteiger partial charge in [-0.2, -0.15) is 0 Å². The highest BCUT2D eigenvalue weighted by Gasteiger charge is 2.17. The predicted octanol–water partition coefficient (Wildman–Crippen LogP) is 2.00. The van der Waals surface area contributed by atoms with Crippen molar-refractivity contribution in [2.24, 2.45) is 0 Å². The Hall–Kier alpha value is -0.700. The van der Waals surface area contributed by atoms with E-state index in [4.69, 9.17) is 4.74 Å². The first-order chi connectivity index (χ1) is 7.01. The molecule has 1 aliphatic rings. The molecule has 0 atom stereocenters. The second-order valence-corrected chi connectivity index (χ2v) is 5.04. The third-order valence-corrected chi connectivity index (χ3v) is 2.36. The molecule has 0 aliphatic carbocycles. The molecule has 88 valence electrons. The van der Waals surface area contributed by atoms with Crippen molar-refractivity contribution in [3.63, 3.8) is 0 Å². The summed E-state index contributed by atoms with van der Waals surface area (Å²) in [7, 11) is 0. The lowest BCUT2D eigenvalue weighted by atomic mass is 10.1. The van der Waals surface area contributed by atoms with E-state index in [2.05, 4.69) is 31.4 Å². The van der Waals surface area contributed by atoms with Gasteiger partial charge in [0.15, 0.2) is 5.88 Å². The maximum absolute atomic E-state index is 5.82. The molecule has 2 N–H and O–H groups in total. The Kier molecular flexibility index (Phi) is 4.45. The van der Waals surface area contributed by atoms with E-state index in [0.29, 0.717) is 6.04 Å². The largest absolute Gasteiger partial charge is 0.474 e. The second-order valence-electron chi connectivity index (χ2n) is 5.04. The van der Waals surface area contributed by atoms with E-state index in [1.807, 2.05) is 13.0 Å². The van der Waals surface area contributed by atoms with E-state index >= 15 is 0 Å². The van der Waals surface area contributed by atoms with Gasteiger partial charge in [-0.3, -0.25) is 0 Å². The Morgan fingerprint density at radius 1 is 1.33 bits per heavy atom. The Morgan fingerprint density at radius 3 is 2.40 bits per heavy atom. The highest BCUT2D eigenvalue weighted by atomic mass is 16.5. The van der Waals surface area contributed by atoms with Crippen LogP contribution in [-0.4, -0.2) is 24.7 Å². The summed E-state index contributed by atoms with van der Waals surface area (Å²) in [6, 6.07) is 0.555. The first-order valence-electron chi connectivity index (χ1n) is 5.84. The molecule has 1 heterocycles. The van der Waals surface area contributed by atoms with Crippen LogP contribution in [0.15, 0.2) is 12.0 Å². The third-order valence-electron chi connectivity index (χ3n) is 2.36. The lowest BCUT2D eigenvalue weighted by molar-refractivity contribution is 0.0358. The molecule has 0 radical (unpaired) electrons. The molecule has 1 aliphatic heterocycles. The Bertz CT molecular complexity index is 212. The molecule has 0 aromatic heterocycles. The van der Waals surface area contributed by atoms with E-state index in [0.717, 1.165) is 19.0 Å². The SMILES string of the molecule is C/C=C(/NC1CCNCC1)OC(C)(C)C. The standard InChI is InChI=1S/C12H24N2O/c1-5-11(15-12(2,3)4)14-10-6-8-13-9-7-10/h5,10,13-14H,6-9H2,1-4H3/b11-5-. The van der Waals surface area contributed by atoms with Crippen LogP contribution in [0.1, 0.15) is 40.5 Å². The maximum atomic E-state index is 5.82. The van der Waals surface area contributed by atoms with Crippen LogP contribution in [0, 0.1) is 0 Å². The average molecular weight is 212 g/mol. The molecule has 0 saturated carbocycles. The predicted molar refractivity (Wildman–Crippen MR) is 63.6 cm³/mol. The number of nitrogens with one attached hydrogen (secondary N) is 2. The molecule has 0 spiro atoms. The van der Waals surface area contributed by atoms with Crippen LogP contribution in [0.3, 0.4) is 0 Å². The van der Waals surface area contributed by atoms with E-state index in [1.54, 1.807) is 0 Å². The number of piperidine rings is 1. The molecule has 0 aromatic rings. The summed E-state index contributed by atoms with van der Waals surface area (Å²) in [5.41, 5.74) is -0.123. The first kappa shape index (κ1) is 12.4. The number of rotatable bonds is 3. The van der Waals surface area contributed by atoms with Gasteiger partial charge in [0, 0.05) is 6.04 Å². The van der Waals surface area contributed by atoms with Crippen molar-refractivity contribution in [2.75, 3.05) is 13.1 Å². The van der Waals surface area contributed by atoms with Gasteiger partial charge in [0.1, 0.15) is 5.60 Å².